The van der Waals surface area contributed by atoms with E-state index in [-0.39, 0.29) is 11.9 Å². The molecule has 1 amide bonds. The van der Waals surface area contributed by atoms with Crippen LogP contribution in [0, 0.1) is 0 Å². The van der Waals surface area contributed by atoms with Gasteiger partial charge in [-0.3, -0.25) is 4.79 Å². The van der Waals surface area contributed by atoms with Crippen LogP contribution in [0.4, 0.5) is 11.6 Å². The van der Waals surface area contributed by atoms with Crippen LogP contribution in [0.3, 0.4) is 0 Å². The molecule has 5 nitrogen and oxygen atoms in total. The average molecular weight is 332 g/mol. The van der Waals surface area contributed by atoms with E-state index < -0.39 is 0 Å². The minimum Gasteiger partial charge on any atom is -0.345 e. The zero-order valence-electron chi connectivity index (χ0n) is 14.3. The third-order valence-electron chi connectivity index (χ3n) is 3.99. The topological polar surface area (TPSA) is 58.1 Å². The van der Waals surface area contributed by atoms with Crippen molar-refractivity contribution in [1.29, 1.82) is 0 Å². The summed E-state index contributed by atoms with van der Waals surface area (Å²) in [6.07, 6.45) is 3.10. The third kappa shape index (κ3) is 4.01. The highest BCUT2D eigenvalue weighted by atomic mass is 16.1. The fourth-order valence-corrected chi connectivity index (χ4v) is 2.48. The molecule has 3 rings (SSSR count). The molecule has 0 spiro atoms. The van der Waals surface area contributed by atoms with Gasteiger partial charge in [-0.2, -0.15) is 0 Å². The van der Waals surface area contributed by atoms with E-state index in [0.717, 1.165) is 11.3 Å². The number of hydrogen-bond donors (Lipinski definition) is 1. The van der Waals surface area contributed by atoms with Crippen LogP contribution in [-0.4, -0.2) is 22.9 Å². The normalized spacial score (nSPS) is 11.6. The van der Waals surface area contributed by atoms with Gasteiger partial charge in [-0.15, -0.1) is 0 Å². The van der Waals surface area contributed by atoms with Crippen LogP contribution < -0.4 is 10.2 Å². The molecule has 0 saturated carbocycles. The van der Waals surface area contributed by atoms with Crippen molar-refractivity contribution in [3.05, 3.63) is 84.2 Å². The maximum absolute atomic E-state index is 12.4. The lowest BCUT2D eigenvalue weighted by molar-refractivity contribution is 0.0939. The standard InChI is InChI=1S/C20H20N4O/c1-15(16-9-5-3-6-10-16)23-19(25)17-13-21-20(22-14-17)24(2)18-11-7-4-8-12-18/h3-15H,1-2H3,(H,23,25). The number of aromatic nitrogens is 2. The monoisotopic (exact) mass is 332 g/mol. The van der Waals surface area contributed by atoms with E-state index in [1.165, 1.54) is 0 Å². The molecule has 1 unspecified atom stereocenters. The SMILES string of the molecule is CC(NC(=O)c1cnc(N(C)c2ccccc2)nc1)c1ccccc1. The zero-order valence-corrected chi connectivity index (χ0v) is 14.3. The summed E-state index contributed by atoms with van der Waals surface area (Å²) in [4.78, 5) is 22.9. The molecular formula is C20H20N4O. The Balaban J connectivity index is 1.68. The summed E-state index contributed by atoms with van der Waals surface area (Å²) in [5.41, 5.74) is 2.47. The lowest BCUT2D eigenvalue weighted by atomic mass is 10.1. The summed E-state index contributed by atoms with van der Waals surface area (Å²) in [6.45, 7) is 1.95. The third-order valence-corrected chi connectivity index (χ3v) is 3.99. The largest absolute Gasteiger partial charge is 0.345 e. The molecule has 1 atom stereocenters. The molecular weight excluding hydrogens is 312 g/mol. The smallest absolute Gasteiger partial charge is 0.254 e. The summed E-state index contributed by atoms with van der Waals surface area (Å²) in [6, 6.07) is 19.6. The van der Waals surface area contributed by atoms with Gasteiger partial charge in [0.25, 0.3) is 5.91 Å². The maximum Gasteiger partial charge on any atom is 0.254 e. The van der Waals surface area contributed by atoms with Crippen LogP contribution in [-0.2, 0) is 0 Å². The molecule has 1 heterocycles. The molecule has 0 aliphatic heterocycles. The number of carbonyl (C=O) groups excluding carboxylic acids is 1. The first-order valence-electron chi connectivity index (χ1n) is 8.12. The van der Waals surface area contributed by atoms with E-state index in [0.29, 0.717) is 11.5 Å². The van der Waals surface area contributed by atoms with Crippen LogP contribution in [0.5, 0.6) is 0 Å². The second kappa shape index (κ2) is 7.57. The highest BCUT2D eigenvalue weighted by molar-refractivity contribution is 5.93. The predicted octanol–water partition coefficient (Wildman–Crippen LogP) is 3.74. The highest BCUT2D eigenvalue weighted by Crippen LogP contribution is 2.19. The van der Waals surface area contributed by atoms with Gasteiger partial charge in [0.1, 0.15) is 0 Å². The molecule has 0 aliphatic rings. The van der Waals surface area contributed by atoms with Gasteiger partial charge in [0.15, 0.2) is 0 Å². The first kappa shape index (κ1) is 16.6. The molecule has 126 valence electrons. The molecule has 5 heteroatoms. The Morgan fingerprint density at radius 3 is 2.12 bits per heavy atom. The number of amides is 1. The van der Waals surface area contributed by atoms with Crippen molar-refractivity contribution < 1.29 is 4.79 Å². The van der Waals surface area contributed by atoms with Crippen molar-refractivity contribution in [2.24, 2.45) is 0 Å². The Labute approximate surface area is 147 Å². The number of hydrogen-bond acceptors (Lipinski definition) is 4. The quantitative estimate of drug-likeness (QED) is 0.773. The average Bonchev–Trinajstić information content (AvgIpc) is 2.69. The number of carbonyl (C=O) groups is 1. The van der Waals surface area contributed by atoms with Crippen molar-refractivity contribution in [3.63, 3.8) is 0 Å². The van der Waals surface area contributed by atoms with Crippen LogP contribution in [0.1, 0.15) is 28.9 Å². The van der Waals surface area contributed by atoms with E-state index >= 15 is 0 Å². The number of anilines is 2. The zero-order chi connectivity index (χ0) is 17.6. The molecule has 0 bridgehead atoms. The second-order valence-electron chi connectivity index (χ2n) is 5.77. The highest BCUT2D eigenvalue weighted by Gasteiger charge is 2.13. The fraction of sp³-hybridized carbons (Fsp3) is 0.150. The Morgan fingerprint density at radius 1 is 0.960 bits per heavy atom. The van der Waals surface area contributed by atoms with Crippen molar-refractivity contribution in [3.8, 4) is 0 Å². The van der Waals surface area contributed by atoms with Crippen molar-refractivity contribution in [2.45, 2.75) is 13.0 Å². The Morgan fingerprint density at radius 2 is 1.52 bits per heavy atom. The van der Waals surface area contributed by atoms with Crippen molar-refractivity contribution >= 4 is 17.5 Å². The van der Waals surface area contributed by atoms with Gasteiger partial charge < -0.3 is 10.2 Å². The van der Waals surface area contributed by atoms with Crippen molar-refractivity contribution in [2.75, 3.05) is 11.9 Å². The summed E-state index contributed by atoms with van der Waals surface area (Å²) in [5.74, 6) is 0.351. The van der Waals surface area contributed by atoms with Gasteiger partial charge in [0, 0.05) is 25.1 Å². The summed E-state index contributed by atoms with van der Waals surface area (Å²) >= 11 is 0. The van der Waals surface area contributed by atoms with E-state index in [4.69, 9.17) is 0 Å². The Bertz CT molecular complexity index is 819. The Hall–Kier alpha value is -3.21. The summed E-state index contributed by atoms with van der Waals surface area (Å²) < 4.78 is 0. The van der Waals surface area contributed by atoms with E-state index in [2.05, 4.69) is 15.3 Å². The predicted molar refractivity (Wildman–Crippen MR) is 98.9 cm³/mol. The van der Waals surface area contributed by atoms with Gasteiger partial charge in [-0.1, -0.05) is 48.5 Å². The van der Waals surface area contributed by atoms with Crippen LogP contribution in [0.25, 0.3) is 0 Å². The lowest BCUT2D eigenvalue weighted by Gasteiger charge is -2.17. The molecule has 25 heavy (non-hydrogen) atoms. The first-order valence-corrected chi connectivity index (χ1v) is 8.12. The summed E-state index contributed by atoms with van der Waals surface area (Å²) in [7, 11) is 1.89. The van der Waals surface area contributed by atoms with Gasteiger partial charge in [-0.25, -0.2) is 9.97 Å². The molecule has 0 fully saturated rings. The number of nitrogens with zero attached hydrogens (tertiary/aromatic N) is 3. The second-order valence-corrected chi connectivity index (χ2v) is 5.77. The van der Waals surface area contributed by atoms with E-state index in [1.807, 2.05) is 79.5 Å². The molecule has 0 aliphatic carbocycles. The first-order chi connectivity index (χ1) is 12.1. The van der Waals surface area contributed by atoms with Gasteiger partial charge in [0.2, 0.25) is 5.95 Å². The molecule has 0 saturated heterocycles. The fourth-order valence-electron chi connectivity index (χ4n) is 2.48. The number of benzene rings is 2. The molecule has 2 aromatic carbocycles. The van der Waals surface area contributed by atoms with Crippen molar-refractivity contribution in [1.82, 2.24) is 15.3 Å². The minimum atomic E-state index is -0.190. The van der Waals surface area contributed by atoms with Crippen LogP contribution >= 0.6 is 0 Å². The van der Waals surface area contributed by atoms with Crippen LogP contribution in [0.15, 0.2) is 73.1 Å². The Kier molecular flexibility index (Phi) is 5.04. The van der Waals surface area contributed by atoms with E-state index in [1.54, 1.807) is 12.4 Å². The van der Waals surface area contributed by atoms with Gasteiger partial charge in [0.05, 0.1) is 11.6 Å². The summed E-state index contributed by atoms with van der Waals surface area (Å²) in [5, 5.41) is 2.96. The molecule has 1 N–H and O–H groups in total. The maximum atomic E-state index is 12.4. The molecule has 1 aromatic heterocycles. The van der Waals surface area contributed by atoms with Gasteiger partial charge >= 0.3 is 0 Å². The van der Waals surface area contributed by atoms with Crippen LogP contribution in [0.2, 0.25) is 0 Å². The molecule has 3 aromatic rings. The van der Waals surface area contributed by atoms with Gasteiger partial charge in [-0.05, 0) is 24.6 Å². The lowest BCUT2D eigenvalue weighted by Crippen LogP contribution is -2.27. The number of para-hydroxylation sites is 1. The number of nitrogens with one attached hydrogen (secondary N) is 1. The van der Waals surface area contributed by atoms with E-state index in [9.17, 15) is 4.79 Å². The molecule has 0 radical (unpaired) electrons. The number of rotatable bonds is 5. The minimum absolute atomic E-state index is 0.0830.